The zero-order valence-corrected chi connectivity index (χ0v) is 15.8. The summed E-state index contributed by atoms with van der Waals surface area (Å²) in [5, 5.41) is 3.81. The van der Waals surface area contributed by atoms with Gasteiger partial charge in [0.2, 0.25) is 5.91 Å². The quantitative estimate of drug-likeness (QED) is 0.835. The lowest BCUT2D eigenvalue weighted by molar-refractivity contribution is -0.138. The normalized spacial score (nSPS) is 23.0. The Morgan fingerprint density at radius 3 is 2.92 bits per heavy atom. The second-order valence-electron chi connectivity index (χ2n) is 7.37. The fourth-order valence-corrected chi connectivity index (χ4v) is 4.81. The highest BCUT2D eigenvalue weighted by Crippen LogP contribution is 2.41. The van der Waals surface area contributed by atoms with Gasteiger partial charge in [0, 0.05) is 30.7 Å². The summed E-state index contributed by atoms with van der Waals surface area (Å²) in [5.41, 5.74) is 2.22. The summed E-state index contributed by atoms with van der Waals surface area (Å²) < 4.78 is 0. The van der Waals surface area contributed by atoms with Gasteiger partial charge < -0.3 is 9.80 Å². The summed E-state index contributed by atoms with van der Waals surface area (Å²) in [6.45, 7) is 4.54. The Balaban J connectivity index is 1.48. The molecule has 5 nitrogen and oxygen atoms in total. The number of amides is 2. The van der Waals surface area contributed by atoms with Crippen LogP contribution in [0.3, 0.4) is 0 Å². The second kappa shape index (κ2) is 6.83. The first-order valence-corrected chi connectivity index (χ1v) is 10.1. The molecule has 1 spiro atoms. The van der Waals surface area contributed by atoms with Crippen molar-refractivity contribution in [2.45, 2.75) is 32.7 Å². The minimum atomic E-state index is -0.409. The molecule has 6 heteroatoms. The molecule has 4 rings (SSSR count). The Morgan fingerprint density at radius 1 is 1.27 bits per heavy atom. The maximum Gasteiger partial charge on any atom is 0.254 e. The molecule has 136 valence electrons. The number of hydrogen-bond donors (Lipinski definition) is 0. The van der Waals surface area contributed by atoms with E-state index in [9.17, 15) is 9.59 Å². The van der Waals surface area contributed by atoms with Gasteiger partial charge in [-0.15, -0.1) is 0 Å². The van der Waals surface area contributed by atoms with Crippen LogP contribution in [-0.4, -0.2) is 46.2 Å². The van der Waals surface area contributed by atoms with E-state index in [0.29, 0.717) is 13.1 Å². The van der Waals surface area contributed by atoms with Crippen LogP contribution in [0.15, 0.2) is 35.0 Å². The molecule has 0 N–H and O–H groups in total. The van der Waals surface area contributed by atoms with E-state index in [2.05, 4.69) is 4.98 Å². The number of carbonyl (C=O) groups is 2. The molecule has 2 saturated heterocycles. The molecule has 4 heterocycles. The zero-order valence-electron chi connectivity index (χ0n) is 15.0. The number of pyridine rings is 1. The number of likely N-dealkylation sites (tertiary alicyclic amines) is 2. The SMILES string of the molecule is Cc1cccc(CN2CC[C@]3(CCCN(C(=O)c4ccsc4)C3)C2=O)n1. The third kappa shape index (κ3) is 3.14. The number of piperidine rings is 1. The monoisotopic (exact) mass is 369 g/mol. The van der Waals surface area contributed by atoms with Crippen molar-refractivity contribution < 1.29 is 9.59 Å². The van der Waals surface area contributed by atoms with Gasteiger partial charge in [0.15, 0.2) is 0 Å². The molecular weight excluding hydrogens is 346 g/mol. The van der Waals surface area contributed by atoms with Gasteiger partial charge in [-0.2, -0.15) is 11.3 Å². The van der Waals surface area contributed by atoms with Gasteiger partial charge in [-0.05, 0) is 49.8 Å². The van der Waals surface area contributed by atoms with Crippen molar-refractivity contribution in [1.29, 1.82) is 0 Å². The van der Waals surface area contributed by atoms with Crippen LogP contribution < -0.4 is 0 Å². The third-order valence-electron chi connectivity index (χ3n) is 5.53. The molecular formula is C20H23N3O2S. The Hall–Kier alpha value is -2.21. The fourth-order valence-electron chi connectivity index (χ4n) is 4.18. The van der Waals surface area contributed by atoms with E-state index in [1.54, 1.807) is 0 Å². The van der Waals surface area contributed by atoms with Crippen LogP contribution in [0, 0.1) is 12.3 Å². The van der Waals surface area contributed by atoms with Crippen molar-refractivity contribution >= 4 is 23.2 Å². The molecule has 0 radical (unpaired) electrons. The van der Waals surface area contributed by atoms with Crippen LogP contribution in [0.4, 0.5) is 0 Å². The van der Waals surface area contributed by atoms with Crippen molar-refractivity contribution in [3.8, 4) is 0 Å². The minimum absolute atomic E-state index is 0.0527. The molecule has 2 aliphatic rings. The van der Waals surface area contributed by atoms with Crippen LogP contribution in [0.2, 0.25) is 0 Å². The van der Waals surface area contributed by atoms with Crippen molar-refractivity contribution in [1.82, 2.24) is 14.8 Å². The predicted molar refractivity (Wildman–Crippen MR) is 101 cm³/mol. The van der Waals surface area contributed by atoms with E-state index in [-0.39, 0.29) is 11.8 Å². The van der Waals surface area contributed by atoms with Crippen LogP contribution in [0.1, 0.15) is 41.0 Å². The Bertz CT molecular complexity index is 820. The first-order chi connectivity index (χ1) is 12.6. The number of aryl methyl sites for hydroxylation is 1. The molecule has 26 heavy (non-hydrogen) atoms. The first-order valence-electron chi connectivity index (χ1n) is 9.11. The molecule has 2 fully saturated rings. The minimum Gasteiger partial charge on any atom is -0.338 e. The van der Waals surface area contributed by atoms with Gasteiger partial charge >= 0.3 is 0 Å². The van der Waals surface area contributed by atoms with Gasteiger partial charge in [0.25, 0.3) is 5.91 Å². The summed E-state index contributed by atoms with van der Waals surface area (Å²) >= 11 is 1.53. The average molecular weight is 369 g/mol. The van der Waals surface area contributed by atoms with E-state index >= 15 is 0 Å². The lowest BCUT2D eigenvalue weighted by Gasteiger charge is -2.39. The Morgan fingerprint density at radius 2 is 2.15 bits per heavy atom. The third-order valence-corrected chi connectivity index (χ3v) is 6.22. The molecule has 0 bridgehead atoms. The zero-order chi connectivity index (χ0) is 18.1. The van der Waals surface area contributed by atoms with Crippen molar-refractivity contribution in [3.05, 3.63) is 52.0 Å². The van der Waals surface area contributed by atoms with E-state index in [4.69, 9.17) is 0 Å². The lowest BCUT2D eigenvalue weighted by Crippen LogP contribution is -2.49. The van der Waals surface area contributed by atoms with Crippen LogP contribution in [0.25, 0.3) is 0 Å². The molecule has 0 aliphatic carbocycles. The predicted octanol–water partition coefficient (Wildman–Crippen LogP) is 3.11. The highest BCUT2D eigenvalue weighted by molar-refractivity contribution is 7.08. The molecule has 1 atom stereocenters. The number of hydrogen-bond acceptors (Lipinski definition) is 4. The number of nitrogens with zero attached hydrogens (tertiary/aromatic N) is 3. The summed E-state index contributed by atoms with van der Waals surface area (Å²) in [5.74, 6) is 0.237. The number of aromatic nitrogens is 1. The highest BCUT2D eigenvalue weighted by Gasteiger charge is 2.49. The Kier molecular flexibility index (Phi) is 4.53. The van der Waals surface area contributed by atoms with Gasteiger partial charge in [0.1, 0.15) is 0 Å². The van der Waals surface area contributed by atoms with Crippen LogP contribution >= 0.6 is 11.3 Å². The molecule has 0 aromatic carbocycles. The molecule has 2 amide bonds. The summed E-state index contributed by atoms with van der Waals surface area (Å²) in [6.07, 6.45) is 2.58. The fraction of sp³-hybridized carbons (Fsp3) is 0.450. The molecule has 2 aromatic heterocycles. The number of rotatable bonds is 3. The van der Waals surface area contributed by atoms with Crippen molar-refractivity contribution in [2.75, 3.05) is 19.6 Å². The van der Waals surface area contributed by atoms with Crippen LogP contribution in [-0.2, 0) is 11.3 Å². The van der Waals surface area contributed by atoms with Crippen LogP contribution in [0.5, 0.6) is 0 Å². The largest absolute Gasteiger partial charge is 0.338 e. The summed E-state index contributed by atoms with van der Waals surface area (Å²) in [4.78, 5) is 34.2. The first kappa shape index (κ1) is 17.2. The van der Waals surface area contributed by atoms with Crippen molar-refractivity contribution in [2.24, 2.45) is 5.41 Å². The number of carbonyl (C=O) groups excluding carboxylic acids is 2. The average Bonchev–Trinajstić information content (AvgIpc) is 3.27. The smallest absolute Gasteiger partial charge is 0.254 e. The van der Waals surface area contributed by atoms with Gasteiger partial charge in [0.05, 0.1) is 23.2 Å². The Labute approximate surface area is 157 Å². The topological polar surface area (TPSA) is 53.5 Å². The highest BCUT2D eigenvalue weighted by atomic mass is 32.1. The van der Waals surface area contributed by atoms with Crippen molar-refractivity contribution in [3.63, 3.8) is 0 Å². The van der Waals surface area contributed by atoms with E-state index in [1.807, 2.05) is 51.7 Å². The summed E-state index contributed by atoms with van der Waals surface area (Å²) in [6, 6.07) is 7.78. The maximum absolute atomic E-state index is 13.2. The van der Waals surface area contributed by atoms with Gasteiger partial charge in [-0.3, -0.25) is 14.6 Å². The van der Waals surface area contributed by atoms with E-state index in [0.717, 1.165) is 49.3 Å². The lowest BCUT2D eigenvalue weighted by atomic mass is 9.78. The van der Waals surface area contributed by atoms with E-state index in [1.165, 1.54) is 11.3 Å². The standard InChI is InChI=1S/C20H23N3O2S/c1-15-4-2-5-17(21-15)12-22-10-8-20(19(22)25)7-3-9-23(14-20)18(24)16-6-11-26-13-16/h2,4-6,11,13H,3,7-10,12,14H2,1H3/t20-/m0/s1. The molecule has 0 saturated carbocycles. The number of thiophene rings is 1. The maximum atomic E-state index is 13.2. The van der Waals surface area contributed by atoms with E-state index < -0.39 is 5.41 Å². The summed E-state index contributed by atoms with van der Waals surface area (Å²) in [7, 11) is 0. The van der Waals surface area contributed by atoms with Gasteiger partial charge in [-0.25, -0.2) is 0 Å². The molecule has 2 aliphatic heterocycles. The van der Waals surface area contributed by atoms with Gasteiger partial charge in [-0.1, -0.05) is 6.07 Å². The molecule has 2 aromatic rings. The second-order valence-corrected chi connectivity index (χ2v) is 8.15. The molecule has 0 unspecified atom stereocenters.